The molecule has 2 atom stereocenters. The van der Waals surface area contributed by atoms with E-state index in [4.69, 9.17) is 17.3 Å². The molecule has 0 bridgehead atoms. The van der Waals surface area contributed by atoms with Crippen LogP contribution in [0.4, 0.5) is 0 Å². The Balaban J connectivity index is 2.66. The molecular formula is C14H23ClN2. The van der Waals surface area contributed by atoms with E-state index in [9.17, 15) is 0 Å². The molecule has 1 aromatic carbocycles. The second-order valence-electron chi connectivity index (χ2n) is 4.68. The van der Waals surface area contributed by atoms with Gasteiger partial charge >= 0.3 is 0 Å². The van der Waals surface area contributed by atoms with Crippen molar-refractivity contribution in [2.75, 3.05) is 20.1 Å². The fourth-order valence-corrected chi connectivity index (χ4v) is 2.16. The first-order chi connectivity index (χ1) is 8.08. The number of benzene rings is 1. The molecule has 0 aliphatic carbocycles. The van der Waals surface area contributed by atoms with E-state index in [0.717, 1.165) is 24.5 Å². The molecule has 2 nitrogen and oxygen atoms in total. The van der Waals surface area contributed by atoms with Crippen molar-refractivity contribution in [1.29, 1.82) is 0 Å². The van der Waals surface area contributed by atoms with E-state index in [-0.39, 0.29) is 0 Å². The lowest BCUT2D eigenvalue weighted by molar-refractivity contribution is 0.219. The summed E-state index contributed by atoms with van der Waals surface area (Å²) in [7, 11) is 2.14. The molecule has 0 saturated carbocycles. The predicted octanol–water partition coefficient (Wildman–Crippen LogP) is 3.32. The topological polar surface area (TPSA) is 29.3 Å². The molecule has 0 aliphatic rings. The van der Waals surface area contributed by atoms with Crippen molar-refractivity contribution in [1.82, 2.24) is 4.90 Å². The molecule has 96 valence electrons. The van der Waals surface area contributed by atoms with E-state index < -0.39 is 0 Å². The van der Waals surface area contributed by atoms with Crippen molar-refractivity contribution in [2.24, 2.45) is 11.7 Å². The summed E-state index contributed by atoms with van der Waals surface area (Å²) < 4.78 is 0. The van der Waals surface area contributed by atoms with E-state index in [1.54, 1.807) is 0 Å². The first kappa shape index (κ1) is 14.5. The summed E-state index contributed by atoms with van der Waals surface area (Å²) >= 11 is 6.02. The highest BCUT2D eigenvalue weighted by Gasteiger charge is 2.15. The Kier molecular flexibility index (Phi) is 5.96. The number of halogens is 1. The lowest BCUT2D eigenvalue weighted by Crippen LogP contribution is -2.31. The zero-order chi connectivity index (χ0) is 12.8. The van der Waals surface area contributed by atoms with Crippen molar-refractivity contribution in [3.8, 4) is 0 Å². The molecule has 2 N–H and O–H groups in total. The Bertz CT molecular complexity index is 337. The zero-order valence-electron chi connectivity index (χ0n) is 11.0. The zero-order valence-corrected chi connectivity index (χ0v) is 11.7. The van der Waals surface area contributed by atoms with Gasteiger partial charge in [-0.2, -0.15) is 0 Å². The maximum Gasteiger partial charge on any atom is 0.0409 e. The highest BCUT2D eigenvalue weighted by atomic mass is 35.5. The van der Waals surface area contributed by atoms with Gasteiger partial charge < -0.3 is 5.73 Å². The van der Waals surface area contributed by atoms with Crippen LogP contribution in [0.2, 0.25) is 5.02 Å². The van der Waals surface area contributed by atoms with Gasteiger partial charge in [0.2, 0.25) is 0 Å². The highest BCUT2D eigenvalue weighted by Crippen LogP contribution is 2.22. The molecule has 0 saturated heterocycles. The summed E-state index contributed by atoms with van der Waals surface area (Å²) in [6.07, 6.45) is 1.13. The lowest BCUT2D eigenvalue weighted by atomic mass is 10.0. The van der Waals surface area contributed by atoms with E-state index in [1.165, 1.54) is 5.56 Å². The maximum atomic E-state index is 6.02. The van der Waals surface area contributed by atoms with Crippen LogP contribution in [0.3, 0.4) is 0 Å². The van der Waals surface area contributed by atoms with Crippen LogP contribution in [0.25, 0.3) is 0 Å². The number of hydrogen-bond donors (Lipinski definition) is 1. The summed E-state index contributed by atoms with van der Waals surface area (Å²) in [6, 6.07) is 8.44. The molecule has 0 radical (unpaired) electrons. The van der Waals surface area contributed by atoms with Gasteiger partial charge in [0.25, 0.3) is 0 Å². The van der Waals surface area contributed by atoms with Crippen LogP contribution in [0.1, 0.15) is 31.9 Å². The summed E-state index contributed by atoms with van der Waals surface area (Å²) in [4.78, 5) is 2.34. The molecule has 3 heteroatoms. The summed E-state index contributed by atoms with van der Waals surface area (Å²) in [5, 5.41) is 0.800. The first-order valence-corrected chi connectivity index (χ1v) is 6.62. The minimum atomic E-state index is 0.370. The Morgan fingerprint density at radius 3 is 2.65 bits per heavy atom. The molecule has 0 aliphatic heterocycles. The SMILES string of the molecule is CCC(CN)CN(C)C(C)c1cccc(Cl)c1. The van der Waals surface area contributed by atoms with Gasteiger partial charge in [0, 0.05) is 17.6 Å². The van der Waals surface area contributed by atoms with Crippen molar-refractivity contribution in [3.05, 3.63) is 34.9 Å². The minimum Gasteiger partial charge on any atom is -0.330 e. The van der Waals surface area contributed by atoms with Crippen molar-refractivity contribution in [3.63, 3.8) is 0 Å². The quantitative estimate of drug-likeness (QED) is 0.844. The average Bonchev–Trinajstić information content (AvgIpc) is 2.34. The monoisotopic (exact) mass is 254 g/mol. The first-order valence-electron chi connectivity index (χ1n) is 6.24. The molecular weight excluding hydrogens is 232 g/mol. The molecule has 0 amide bonds. The van der Waals surface area contributed by atoms with Crippen molar-refractivity contribution in [2.45, 2.75) is 26.3 Å². The van der Waals surface area contributed by atoms with Crippen LogP contribution in [0, 0.1) is 5.92 Å². The number of nitrogens with zero attached hydrogens (tertiary/aromatic N) is 1. The summed E-state index contributed by atoms with van der Waals surface area (Å²) in [5.74, 6) is 0.571. The van der Waals surface area contributed by atoms with Crippen LogP contribution >= 0.6 is 11.6 Å². The largest absolute Gasteiger partial charge is 0.330 e. The van der Waals surface area contributed by atoms with Crippen LogP contribution in [0.5, 0.6) is 0 Å². The van der Waals surface area contributed by atoms with Gasteiger partial charge in [-0.05, 0) is 44.1 Å². The normalized spacial score (nSPS) is 14.9. The van der Waals surface area contributed by atoms with Gasteiger partial charge in [0.05, 0.1) is 0 Å². The molecule has 0 spiro atoms. The van der Waals surface area contributed by atoms with E-state index in [0.29, 0.717) is 12.0 Å². The van der Waals surface area contributed by atoms with Crippen LogP contribution in [-0.4, -0.2) is 25.0 Å². The third kappa shape index (κ3) is 4.30. The van der Waals surface area contributed by atoms with E-state index >= 15 is 0 Å². The Morgan fingerprint density at radius 1 is 1.41 bits per heavy atom. The molecule has 0 fully saturated rings. The highest BCUT2D eigenvalue weighted by molar-refractivity contribution is 6.30. The molecule has 2 unspecified atom stereocenters. The lowest BCUT2D eigenvalue weighted by Gasteiger charge is -2.28. The standard InChI is InChI=1S/C14H23ClN2/c1-4-12(9-16)10-17(3)11(2)13-6-5-7-14(15)8-13/h5-8,11-12H,4,9-10,16H2,1-3H3. The van der Waals surface area contributed by atoms with Crippen molar-refractivity contribution < 1.29 is 0 Å². The predicted molar refractivity (Wildman–Crippen MR) is 75.3 cm³/mol. The summed E-state index contributed by atoms with van der Waals surface area (Å²) in [5.41, 5.74) is 7.00. The Labute approximate surface area is 110 Å². The molecule has 1 rings (SSSR count). The van der Waals surface area contributed by atoms with Gasteiger partial charge in [0.1, 0.15) is 0 Å². The van der Waals surface area contributed by atoms with Gasteiger partial charge in [-0.15, -0.1) is 0 Å². The molecule has 0 heterocycles. The second-order valence-corrected chi connectivity index (χ2v) is 5.12. The van der Waals surface area contributed by atoms with E-state index in [1.807, 2.05) is 18.2 Å². The molecule has 17 heavy (non-hydrogen) atoms. The Hall–Kier alpha value is -0.570. The fraction of sp³-hybridized carbons (Fsp3) is 0.571. The van der Waals surface area contributed by atoms with Gasteiger partial charge in [0.15, 0.2) is 0 Å². The third-order valence-corrected chi connectivity index (χ3v) is 3.68. The van der Waals surface area contributed by atoms with Gasteiger partial charge in [-0.1, -0.05) is 37.1 Å². The Morgan fingerprint density at radius 2 is 2.12 bits per heavy atom. The number of rotatable bonds is 6. The average molecular weight is 255 g/mol. The minimum absolute atomic E-state index is 0.370. The maximum absolute atomic E-state index is 6.02. The van der Waals surface area contributed by atoms with Gasteiger partial charge in [-0.25, -0.2) is 0 Å². The van der Waals surface area contributed by atoms with Crippen LogP contribution in [0.15, 0.2) is 24.3 Å². The van der Waals surface area contributed by atoms with Gasteiger partial charge in [-0.3, -0.25) is 4.90 Å². The fourth-order valence-electron chi connectivity index (χ4n) is 1.96. The van der Waals surface area contributed by atoms with Crippen LogP contribution in [-0.2, 0) is 0 Å². The van der Waals surface area contributed by atoms with Crippen molar-refractivity contribution >= 4 is 11.6 Å². The second kappa shape index (κ2) is 7.00. The van der Waals surface area contributed by atoms with E-state index in [2.05, 4.69) is 31.9 Å². The third-order valence-electron chi connectivity index (χ3n) is 3.45. The molecule has 0 aromatic heterocycles. The van der Waals surface area contributed by atoms with Crippen LogP contribution < -0.4 is 5.73 Å². The number of nitrogens with two attached hydrogens (primary N) is 1. The smallest absolute Gasteiger partial charge is 0.0409 e. The number of hydrogen-bond acceptors (Lipinski definition) is 2. The molecule has 1 aromatic rings. The summed E-state index contributed by atoms with van der Waals surface area (Å²) in [6.45, 7) is 6.17.